The molecule has 3 aromatic rings. The van der Waals surface area contributed by atoms with Gasteiger partial charge in [0.1, 0.15) is 5.75 Å². The van der Waals surface area contributed by atoms with Gasteiger partial charge in [-0.1, -0.05) is 42.5 Å². The van der Waals surface area contributed by atoms with Crippen molar-refractivity contribution < 1.29 is 14.3 Å². The maximum atomic E-state index is 13.7. The van der Waals surface area contributed by atoms with E-state index in [1.54, 1.807) is 18.4 Å². The first kappa shape index (κ1) is 22.2. The smallest absolute Gasteiger partial charge is 0.254 e. The Bertz CT molecular complexity index is 1290. The molecule has 5 rings (SSSR count). The number of benzene rings is 2. The van der Waals surface area contributed by atoms with Crippen LogP contribution < -0.4 is 15.4 Å². The van der Waals surface area contributed by atoms with Gasteiger partial charge in [0, 0.05) is 51.0 Å². The molecular formula is C28H26N2O3S. The largest absolute Gasteiger partial charge is 0.496 e. The summed E-state index contributed by atoms with van der Waals surface area (Å²) in [7, 11) is 1.62. The summed E-state index contributed by atoms with van der Waals surface area (Å²) >= 11 is 1.68. The van der Waals surface area contributed by atoms with Crippen molar-refractivity contribution in [3.63, 3.8) is 0 Å². The maximum Gasteiger partial charge on any atom is 0.254 e. The first-order chi connectivity index (χ1) is 16.6. The molecule has 2 N–H and O–H groups in total. The standard InChI is InChI=1S/C28H26N2O3S/c1-17-25(28(32)30-19-9-4-3-5-10-19)26(20-11-6-7-12-23(20)33-2)27-21(29-17)15-18(16-22(27)31)24-13-8-14-34-24/h3-14,18,26,29H,15-16H2,1-2H3,(H,30,32)/t18-,26+/m0/s1. The fourth-order valence-electron chi connectivity index (χ4n) is 5.00. The van der Waals surface area contributed by atoms with Gasteiger partial charge in [-0.05, 0) is 43.0 Å². The van der Waals surface area contributed by atoms with E-state index in [-0.39, 0.29) is 17.6 Å². The molecule has 0 radical (unpaired) electrons. The van der Waals surface area contributed by atoms with Crippen molar-refractivity contribution in [1.82, 2.24) is 5.32 Å². The lowest BCUT2D eigenvalue weighted by Crippen LogP contribution is -2.37. The van der Waals surface area contributed by atoms with Crippen LogP contribution >= 0.6 is 11.3 Å². The number of thiophene rings is 1. The van der Waals surface area contributed by atoms with Gasteiger partial charge < -0.3 is 15.4 Å². The highest BCUT2D eigenvalue weighted by molar-refractivity contribution is 7.10. The molecule has 172 valence electrons. The first-order valence-corrected chi connectivity index (χ1v) is 12.2. The van der Waals surface area contributed by atoms with Gasteiger partial charge in [0.2, 0.25) is 0 Å². The molecule has 0 unspecified atom stereocenters. The molecule has 0 saturated heterocycles. The SMILES string of the molecule is COc1ccccc1[C@@H]1C(C(=O)Nc2ccccc2)=C(C)NC2=C1C(=O)C[C@@H](c1cccs1)C2. The van der Waals surface area contributed by atoms with Gasteiger partial charge in [0.15, 0.2) is 5.78 Å². The van der Waals surface area contributed by atoms with Crippen LogP contribution in [0.3, 0.4) is 0 Å². The number of allylic oxidation sites excluding steroid dienone is 3. The topological polar surface area (TPSA) is 67.4 Å². The van der Waals surface area contributed by atoms with Gasteiger partial charge in [-0.15, -0.1) is 11.3 Å². The minimum Gasteiger partial charge on any atom is -0.496 e. The molecule has 0 saturated carbocycles. The number of dihydropyridines is 1. The zero-order valence-corrected chi connectivity index (χ0v) is 19.9. The van der Waals surface area contributed by atoms with Crippen LogP contribution in [0.2, 0.25) is 0 Å². The lowest BCUT2D eigenvalue weighted by molar-refractivity contribution is -0.116. The number of ketones is 1. The van der Waals surface area contributed by atoms with Crippen LogP contribution in [0.1, 0.15) is 42.0 Å². The Kier molecular flexibility index (Phi) is 6.07. The molecule has 0 bridgehead atoms. The number of carbonyl (C=O) groups excluding carboxylic acids is 2. The van der Waals surface area contributed by atoms with Gasteiger partial charge in [-0.25, -0.2) is 0 Å². The second-order valence-corrected chi connectivity index (χ2v) is 9.57. The van der Waals surface area contributed by atoms with E-state index >= 15 is 0 Å². The van der Waals surface area contributed by atoms with E-state index in [9.17, 15) is 9.59 Å². The van der Waals surface area contributed by atoms with Crippen molar-refractivity contribution in [3.8, 4) is 5.75 Å². The quantitative estimate of drug-likeness (QED) is 0.498. The summed E-state index contributed by atoms with van der Waals surface area (Å²) in [5, 5.41) is 8.50. The number of ether oxygens (including phenoxy) is 1. The molecule has 2 aliphatic rings. The molecule has 2 aromatic carbocycles. The molecule has 1 aliphatic heterocycles. The summed E-state index contributed by atoms with van der Waals surface area (Å²) in [6.45, 7) is 1.91. The lowest BCUT2D eigenvalue weighted by Gasteiger charge is -2.37. The first-order valence-electron chi connectivity index (χ1n) is 11.3. The minimum atomic E-state index is -0.507. The molecule has 2 heterocycles. The second-order valence-electron chi connectivity index (χ2n) is 8.59. The normalized spacial score (nSPS) is 20.0. The van der Waals surface area contributed by atoms with Gasteiger partial charge in [0.05, 0.1) is 13.0 Å². The molecule has 6 heteroatoms. The Morgan fingerprint density at radius 3 is 2.53 bits per heavy atom. The van der Waals surface area contributed by atoms with Gasteiger partial charge >= 0.3 is 0 Å². The van der Waals surface area contributed by atoms with E-state index in [1.165, 1.54) is 4.88 Å². The van der Waals surface area contributed by atoms with Crippen LogP contribution in [-0.2, 0) is 9.59 Å². The average Bonchev–Trinajstić information content (AvgIpc) is 3.39. The van der Waals surface area contributed by atoms with Gasteiger partial charge in [-0.3, -0.25) is 9.59 Å². The lowest BCUT2D eigenvalue weighted by atomic mass is 9.72. The molecule has 0 spiro atoms. The van der Waals surface area contributed by atoms with Crippen molar-refractivity contribution in [1.29, 1.82) is 0 Å². The van der Waals surface area contributed by atoms with Crippen molar-refractivity contribution in [2.75, 3.05) is 12.4 Å². The van der Waals surface area contributed by atoms with Crippen molar-refractivity contribution >= 4 is 28.7 Å². The Balaban J connectivity index is 1.60. The number of hydrogen-bond donors (Lipinski definition) is 2. The van der Waals surface area contributed by atoms with E-state index in [0.717, 1.165) is 23.4 Å². The number of anilines is 1. The Labute approximate surface area is 203 Å². The molecule has 2 atom stereocenters. The third kappa shape index (κ3) is 4.05. The zero-order chi connectivity index (χ0) is 23.7. The van der Waals surface area contributed by atoms with E-state index < -0.39 is 5.92 Å². The predicted molar refractivity (Wildman–Crippen MR) is 135 cm³/mol. The highest BCUT2D eigenvalue weighted by Gasteiger charge is 2.42. The summed E-state index contributed by atoms with van der Waals surface area (Å²) in [6, 6.07) is 21.1. The van der Waals surface area contributed by atoms with Crippen molar-refractivity contribution in [2.45, 2.75) is 31.6 Å². The van der Waals surface area contributed by atoms with Crippen LogP contribution in [0.4, 0.5) is 5.69 Å². The summed E-state index contributed by atoms with van der Waals surface area (Å²) in [5.74, 6) is 0.136. The monoisotopic (exact) mass is 470 g/mol. The maximum absolute atomic E-state index is 13.7. The van der Waals surface area contributed by atoms with Gasteiger partial charge in [0.25, 0.3) is 5.91 Å². The number of Topliss-reactive ketones (excluding diaryl/α,β-unsaturated/α-hetero) is 1. The number of carbonyl (C=O) groups is 2. The molecule has 0 fully saturated rings. The predicted octanol–water partition coefficient (Wildman–Crippen LogP) is 5.76. The Morgan fingerprint density at radius 1 is 1.03 bits per heavy atom. The van der Waals surface area contributed by atoms with Crippen LogP contribution in [0.25, 0.3) is 0 Å². The number of hydrogen-bond acceptors (Lipinski definition) is 5. The number of amides is 1. The highest BCUT2D eigenvalue weighted by Crippen LogP contribution is 2.48. The molecule has 34 heavy (non-hydrogen) atoms. The van der Waals surface area contributed by atoms with Crippen molar-refractivity contribution in [3.05, 3.63) is 105 Å². The fourth-order valence-corrected chi connectivity index (χ4v) is 5.83. The van der Waals surface area contributed by atoms with Crippen LogP contribution in [0.15, 0.2) is 94.7 Å². The van der Waals surface area contributed by atoms with Crippen molar-refractivity contribution in [2.24, 2.45) is 0 Å². The average molecular weight is 471 g/mol. The highest BCUT2D eigenvalue weighted by atomic mass is 32.1. The van der Waals surface area contributed by atoms with Crippen LogP contribution in [0.5, 0.6) is 5.75 Å². The Morgan fingerprint density at radius 2 is 1.79 bits per heavy atom. The van der Waals surface area contributed by atoms with E-state index in [0.29, 0.717) is 29.0 Å². The number of para-hydroxylation sites is 2. The summed E-state index contributed by atoms with van der Waals surface area (Å²) < 4.78 is 5.67. The number of nitrogens with one attached hydrogen (secondary N) is 2. The third-order valence-electron chi connectivity index (χ3n) is 6.50. The molecule has 1 aliphatic carbocycles. The van der Waals surface area contributed by atoms with E-state index in [4.69, 9.17) is 4.74 Å². The molecular weight excluding hydrogens is 444 g/mol. The van der Waals surface area contributed by atoms with E-state index in [1.807, 2.05) is 73.0 Å². The third-order valence-corrected chi connectivity index (χ3v) is 7.53. The van der Waals surface area contributed by atoms with Crippen LogP contribution in [0, 0.1) is 0 Å². The minimum absolute atomic E-state index is 0.0700. The molecule has 5 nitrogen and oxygen atoms in total. The second kappa shape index (κ2) is 9.31. The van der Waals surface area contributed by atoms with Crippen LogP contribution in [-0.4, -0.2) is 18.8 Å². The summed E-state index contributed by atoms with van der Waals surface area (Å²) in [6.07, 6.45) is 1.16. The zero-order valence-electron chi connectivity index (χ0n) is 19.1. The summed E-state index contributed by atoms with van der Waals surface area (Å²) in [4.78, 5) is 28.5. The number of methoxy groups -OCH3 is 1. The Hall–Kier alpha value is -3.64. The van der Waals surface area contributed by atoms with E-state index in [2.05, 4.69) is 16.7 Å². The molecule has 1 amide bonds. The van der Waals surface area contributed by atoms with Gasteiger partial charge in [-0.2, -0.15) is 0 Å². The summed E-state index contributed by atoms with van der Waals surface area (Å²) in [5.41, 5.74) is 4.39. The molecule has 1 aromatic heterocycles. The number of rotatable bonds is 5. The fraction of sp³-hybridized carbons (Fsp3) is 0.214.